The molecule has 2 N–H and O–H groups in total. The van der Waals surface area contributed by atoms with Crippen LogP contribution in [0.15, 0.2) is 42.5 Å². The van der Waals surface area contributed by atoms with Crippen molar-refractivity contribution in [2.24, 2.45) is 0 Å². The van der Waals surface area contributed by atoms with Crippen molar-refractivity contribution >= 4 is 39.1 Å². The van der Waals surface area contributed by atoms with Crippen LogP contribution in [0.5, 0.6) is 5.75 Å². The van der Waals surface area contributed by atoms with Gasteiger partial charge in [0.05, 0.1) is 21.8 Å². The van der Waals surface area contributed by atoms with Crippen LogP contribution in [0.25, 0.3) is 20.8 Å². The van der Waals surface area contributed by atoms with Crippen molar-refractivity contribution < 1.29 is 14.7 Å². The zero-order valence-electron chi connectivity index (χ0n) is 13.4. The maximum Gasteiger partial charge on any atom is 0.243 e. The molecule has 0 saturated heterocycles. The van der Waals surface area contributed by atoms with Gasteiger partial charge in [-0.3, -0.25) is 10.0 Å². The number of amides is 1. The van der Waals surface area contributed by atoms with Gasteiger partial charge in [-0.05, 0) is 43.2 Å². The number of carbonyl (C=O) groups is 1. The fourth-order valence-corrected chi connectivity index (χ4v) is 3.57. The molecule has 3 aromatic rings. The van der Waals surface area contributed by atoms with Crippen molar-refractivity contribution in [2.45, 2.75) is 19.3 Å². The van der Waals surface area contributed by atoms with Crippen molar-refractivity contribution in [1.29, 1.82) is 0 Å². The highest BCUT2D eigenvalue weighted by molar-refractivity contribution is 7.21. The van der Waals surface area contributed by atoms with Gasteiger partial charge in [0.1, 0.15) is 10.8 Å². The van der Waals surface area contributed by atoms with Crippen molar-refractivity contribution in [2.75, 3.05) is 6.61 Å². The van der Waals surface area contributed by atoms with Crippen molar-refractivity contribution in [1.82, 2.24) is 10.5 Å². The Balaban J connectivity index is 1.61. The van der Waals surface area contributed by atoms with Crippen LogP contribution in [0.3, 0.4) is 0 Å². The van der Waals surface area contributed by atoms with E-state index >= 15 is 0 Å². The number of thiazole rings is 1. The van der Waals surface area contributed by atoms with Crippen LogP contribution >= 0.6 is 22.9 Å². The maximum absolute atomic E-state index is 10.9. The summed E-state index contributed by atoms with van der Waals surface area (Å²) in [6, 6.07) is 13.6. The van der Waals surface area contributed by atoms with Crippen LogP contribution in [-0.4, -0.2) is 22.7 Å². The minimum Gasteiger partial charge on any atom is -0.492 e. The number of nitrogens with zero attached hydrogens (tertiary/aromatic N) is 1. The normalized spacial score (nSPS) is 10.8. The second-order valence-electron chi connectivity index (χ2n) is 5.47. The van der Waals surface area contributed by atoms with Gasteiger partial charge in [-0.2, -0.15) is 0 Å². The summed E-state index contributed by atoms with van der Waals surface area (Å²) >= 11 is 7.94. The Bertz CT molecular complexity index is 849. The van der Waals surface area contributed by atoms with E-state index in [2.05, 4.69) is 4.98 Å². The van der Waals surface area contributed by atoms with E-state index in [1.807, 2.05) is 42.5 Å². The zero-order valence-corrected chi connectivity index (χ0v) is 14.9. The summed E-state index contributed by atoms with van der Waals surface area (Å²) in [5, 5.41) is 9.87. The molecule has 0 aliphatic heterocycles. The molecule has 130 valence electrons. The average Bonchev–Trinajstić information content (AvgIpc) is 3.06. The molecule has 0 aliphatic carbocycles. The molecule has 0 atom stereocenters. The summed E-state index contributed by atoms with van der Waals surface area (Å²) in [7, 11) is 0. The van der Waals surface area contributed by atoms with Crippen molar-refractivity contribution in [3.8, 4) is 16.3 Å². The smallest absolute Gasteiger partial charge is 0.243 e. The Hall–Kier alpha value is -2.15. The number of hydroxylamine groups is 1. The predicted molar refractivity (Wildman–Crippen MR) is 99.3 cm³/mol. The minimum absolute atomic E-state index is 0.268. The number of rotatable bonds is 7. The Labute approximate surface area is 154 Å². The molecular weight excluding hydrogens is 360 g/mol. The lowest BCUT2D eigenvalue weighted by atomic mass is 10.2. The van der Waals surface area contributed by atoms with Crippen molar-refractivity contribution in [3.05, 3.63) is 47.5 Å². The van der Waals surface area contributed by atoms with Crippen LogP contribution in [-0.2, 0) is 4.79 Å². The van der Waals surface area contributed by atoms with Crippen LogP contribution in [0.1, 0.15) is 19.3 Å². The molecule has 0 unspecified atom stereocenters. The second kappa shape index (κ2) is 8.29. The molecule has 1 amide bonds. The largest absolute Gasteiger partial charge is 0.492 e. The molecule has 5 nitrogen and oxygen atoms in total. The summed E-state index contributed by atoms with van der Waals surface area (Å²) in [5.41, 5.74) is 3.54. The lowest BCUT2D eigenvalue weighted by Gasteiger charge is -2.08. The fourth-order valence-electron chi connectivity index (χ4n) is 2.37. The number of nitrogens with one attached hydrogen (secondary N) is 1. The van der Waals surface area contributed by atoms with E-state index in [1.165, 1.54) is 0 Å². The Kier molecular flexibility index (Phi) is 5.86. The van der Waals surface area contributed by atoms with E-state index < -0.39 is 5.91 Å². The number of halogens is 1. The molecule has 25 heavy (non-hydrogen) atoms. The molecule has 3 rings (SSSR count). The van der Waals surface area contributed by atoms with Crippen LogP contribution in [0.2, 0.25) is 5.02 Å². The predicted octanol–water partition coefficient (Wildman–Crippen LogP) is 4.67. The molecule has 0 saturated carbocycles. The molecule has 0 aliphatic rings. The standard InChI is InChI=1S/C18H17ClN2O3S/c19-13-11-12(18-20-14-5-1-2-6-16(14)25-18)8-9-15(13)24-10-4-3-7-17(22)21-23/h1-2,5-6,8-9,11,23H,3-4,7,10H2,(H,21,22). The first kappa shape index (κ1) is 17.7. The third-order valence-electron chi connectivity index (χ3n) is 3.65. The zero-order chi connectivity index (χ0) is 17.6. The number of hydrogen-bond acceptors (Lipinski definition) is 5. The lowest BCUT2D eigenvalue weighted by molar-refractivity contribution is -0.129. The van der Waals surface area contributed by atoms with Gasteiger partial charge < -0.3 is 4.74 Å². The Morgan fingerprint density at radius 2 is 2.08 bits per heavy atom. The van der Waals surface area contributed by atoms with E-state index in [0.29, 0.717) is 30.2 Å². The van der Waals surface area contributed by atoms with E-state index in [4.69, 9.17) is 21.5 Å². The Morgan fingerprint density at radius 1 is 1.24 bits per heavy atom. The second-order valence-corrected chi connectivity index (χ2v) is 6.91. The van der Waals surface area contributed by atoms with E-state index in [1.54, 1.807) is 16.8 Å². The summed E-state index contributed by atoms with van der Waals surface area (Å²) in [6.45, 7) is 0.457. The molecule has 7 heteroatoms. The average molecular weight is 377 g/mol. The topological polar surface area (TPSA) is 71.5 Å². The van der Waals surface area contributed by atoms with Gasteiger partial charge in [0.15, 0.2) is 0 Å². The molecule has 2 aromatic carbocycles. The summed E-state index contributed by atoms with van der Waals surface area (Å²) < 4.78 is 6.80. The highest BCUT2D eigenvalue weighted by atomic mass is 35.5. The molecule has 0 bridgehead atoms. The highest BCUT2D eigenvalue weighted by Crippen LogP contribution is 2.34. The quantitative estimate of drug-likeness (QED) is 0.357. The van der Waals surface area contributed by atoms with E-state index in [-0.39, 0.29) is 6.42 Å². The number of ether oxygens (including phenoxy) is 1. The minimum atomic E-state index is -0.391. The first-order chi connectivity index (χ1) is 12.2. The third-order valence-corrected chi connectivity index (χ3v) is 5.03. The molecule has 1 heterocycles. The van der Waals surface area contributed by atoms with Gasteiger partial charge >= 0.3 is 0 Å². The molecule has 0 radical (unpaired) electrons. The van der Waals surface area contributed by atoms with Gasteiger partial charge in [-0.15, -0.1) is 11.3 Å². The maximum atomic E-state index is 10.9. The van der Waals surface area contributed by atoms with Gasteiger partial charge in [0.25, 0.3) is 0 Å². The van der Waals surface area contributed by atoms with E-state index in [0.717, 1.165) is 20.8 Å². The lowest BCUT2D eigenvalue weighted by Crippen LogP contribution is -2.18. The van der Waals surface area contributed by atoms with Crippen LogP contribution in [0, 0.1) is 0 Å². The van der Waals surface area contributed by atoms with E-state index in [9.17, 15) is 4.79 Å². The summed E-state index contributed by atoms with van der Waals surface area (Å²) in [5.74, 6) is 0.219. The summed E-state index contributed by atoms with van der Waals surface area (Å²) in [4.78, 5) is 15.5. The number of aromatic nitrogens is 1. The highest BCUT2D eigenvalue weighted by Gasteiger charge is 2.09. The molecule has 0 spiro atoms. The van der Waals surface area contributed by atoms with Gasteiger partial charge in [-0.25, -0.2) is 10.5 Å². The number of para-hydroxylation sites is 1. The number of fused-ring (bicyclic) bond motifs is 1. The number of unbranched alkanes of at least 4 members (excludes halogenated alkanes) is 1. The monoisotopic (exact) mass is 376 g/mol. The van der Waals surface area contributed by atoms with Gasteiger partial charge in [0.2, 0.25) is 5.91 Å². The number of carbonyl (C=O) groups excluding carboxylic acids is 1. The number of hydrogen-bond donors (Lipinski definition) is 2. The first-order valence-corrected chi connectivity index (χ1v) is 9.08. The molecule has 0 fully saturated rings. The molecular formula is C18H17ClN2O3S. The Morgan fingerprint density at radius 3 is 2.84 bits per heavy atom. The van der Waals surface area contributed by atoms with Gasteiger partial charge in [0, 0.05) is 12.0 Å². The third kappa shape index (κ3) is 4.48. The fraction of sp³-hybridized carbons (Fsp3) is 0.222. The van der Waals surface area contributed by atoms with Crippen molar-refractivity contribution in [3.63, 3.8) is 0 Å². The van der Waals surface area contributed by atoms with Crippen LogP contribution < -0.4 is 10.2 Å². The first-order valence-electron chi connectivity index (χ1n) is 7.88. The van der Waals surface area contributed by atoms with Crippen LogP contribution in [0.4, 0.5) is 0 Å². The number of benzene rings is 2. The molecule has 1 aromatic heterocycles. The van der Waals surface area contributed by atoms with Gasteiger partial charge in [-0.1, -0.05) is 23.7 Å². The SMILES string of the molecule is O=C(CCCCOc1ccc(-c2nc3ccccc3s2)cc1Cl)NO. The summed E-state index contributed by atoms with van der Waals surface area (Å²) in [6.07, 6.45) is 1.60.